The minimum atomic E-state index is -1.06. The number of aliphatic hydroxyl groups excluding tert-OH is 1. The molecule has 5 heteroatoms. The van der Waals surface area contributed by atoms with Crippen LogP contribution >= 0.6 is 0 Å². The standard InChI is InChI=1S/C17H20O5/c1-3-12-14-15(18)17(22-12,10-20-14)13(4-2)21-16(19)11-8-6-5-7-9-11/h4-9,12-15,18H,2-3,10H2,1H3/t12-,13-,14-,15-,17+/m0/s1. The van der Waals surface area contributed by atoms with Crippen LogP contribution in [-0.2, 0) is 14.2 Å². The molecule has 2 aliphatic heterocycles. The van der Waals surface area contributed by atoms with Crippen LogP contribution in [0.15, 0.2) is 43.0 Å². The lowest BCUT2D eigenvalue weighted by atomic mass is 9.92. The van der Waals surface area contributed by atoms with Gasteiger partial charge in [0.15, 0.2) is 11.7 Å². The maximum Gasteiger partial charge on any atom is 0.338 e. The van der Waals surface area contributed by atoms with Gasteiger partial charge in [-0.25, -0.2) is 4.79 Å². The predicted octanol–water partition coefficient (Wildman–Crippen LogP) is 1.71. The number of carbonyl (C=O) groups is 1. The fourth-order valence-corrected chi connectivity index (χ4v) is 3.18. The fourth-order valence-electron chi connectivity index (χ4n) is 3.18. The molecule has 2 fully saturated rings. The maximum atomic E-state index is 12.3. The van der Waals surface area contributed by atoms with E-state index in [4.69, 9.17) is 14.2 Å². The van der Waals surface area contributed by atoms with Crippen molar-refractivity contribution < 1.29 is 24.1 Å². The molecular formula is C17H20O5. The van der Waals surface area contributed by atoms with Gasteiger partial charge in [-0.3, -0.25) is 0 Å². The zero-order chi connectivity index (χ0) is 15.7. The van der Waals surface area contributed by atoms with Crippen molar-refractivity contribution in [2.24, 2.45) is 0 Å². The van der Waals surface area contributed by atoms with E-state index < -0.39 is 23.8 Å². The molecule has 2 heterocycles. The van der Waals surface area contributed by atoms with Gasteiger partial charge in [-0.1, -0.05) is 31.7 Å². The van der Waals surface area contributed by atoms with E-state index in [2.05, 4.69) is 6.58 Å². The summed E-state index contributed by atoms with van der Waals surface area (Å²) in [5, 5.41) is 10.5. The van der Waals surface area contributed by atoms with Crippen LogP contribution in [0, 0.1) is 0 Å². The number of ether oxygens (including phenoxy) is 3. The van der Waals surface area contributed by atoms with Gasteiger partial charge < -0.3 is 19.3 Å². The Morgan fingerprint density at radius 3 is 2.86 bits per heavy atom. The number of rotatable bonds is 5. The van der Waals surface area contributed by atoms with E-state index in [0.29, 0.717) is 5.56 Å². The summed E-state index contributed by atoms with van der Waals surface area (Å²) in [5.74, 6) is -0.473. The predicted molar refractivity (Wildman–Crippen MR) is 79.5 cm³/mol. The van der Waals surface area contributed by atoms with Crippen molar-refractivity contribution >= 4 is 5.97 Å². The summed E-state index contributed by atoms with van der Waals surface area (Å²) in [4.78, 5) is 12.3. The molecule has 5 nitrogen and oxygen atoms in total. The molecule has 1 N–H and O–H groups in total. The average molecular weight is 304 g/mol. The van der Waals surface area contributed by atoms with Crippen molar-refractivity contribution in [1.82, 2.24) is 0 Å². The van der Waals surface area contributed by atoms with E-state index in [1.54, 1.807) is 24.3 Å². The van der Waals surface area contributed by atoms with Crippen molar-refractivity contribution in [2.45, 2.75) is 43.4 Å². The lowest BCUT2D eigenvalue weighted by Gasteiger charge is -2.35. The molecule has 2 saturated heterocycles. The first-order valence-electron chi connectivity index (χ1n) is 7.48. The Morgan fingerprint density at radius 1 is 1.55 bits per heavy atom. The Balaban J connectivity index is 1.80. The third-order valence-electron chi connectivity index (χ3n) is 4.39. The van der Waals surface area contributed by atoms with Crippen LogP contribution in [-0.4, -0.2) is 47.7 Å². The van der Waals surface area contributed by atoms with Crippen LogP contribution < -0.4 is 0 Å². The molecule has 118 valence electrons. The zero-order valence-electron chi connectivity index (χ0n) is 12.5. The molecule has 0 spiro atoms. The van der Waals surface area contributed by atoms with Crippen molar-refractivity contribution in [3.63, 3.8) is 0 Å². The highest BCUT2D eigenvalue weighted by Gasteiger charge is 2.64. The third-order valence-corrected chi connectivity index (χ3v) is 4.39. The number of carbonyl (C=O) groups excluding carboxylic acids is 1. The van der Waals surface area contributed by atoms with E-state index in [-0.39, 0.29) is 18.8 Å². The van der Waals surface area contributed by atoms with Gasteiger partial charge in [0.25, 0.3) is 0 Å². The number of hydrogen-bond acceptors (Lipinski definition) is 5. The highest BCUT2D eigenvalue weighted by molar-refractivity contribution is 5.89. The second kappa shape index (κ2) is 5.83. The molecule has 0 unspecified atom stereocenters. The number of hydrogen-bond donors (Lipinski definition) is 1. The van der Waals surface area contributed by atoms with Crippen molar-refractivity contribution in [2.75, 3.05) is 6.61 Å². The Kier molecular flexibility index (Phi) is 4.04. The van der Waals surface area contributed by atoms with Gasteiger partial charge in [0.05, 0.1) is 18.3 Å². The van der Waals surface area contributed by atoms with Gasteiger partial charge in [0.2, 0.25) is 0 Å². The summed E-state index contributed by atoms with van der Waals surface area (Å²) in [6.45, 7) is 5.88. The minimum Gasteiger partial charge on any atom is -0.451 e. The number of benzene rings is 1. The summed E-state index contributed by atoms with van der Waals surface area (Å²) in [7, 11) is 0. The number of esters is 1. The molecule has 1 aromatic carbocycles. The highest BCUT2D eigenvalue weighted by Crippen LogP contribution is 2.44. The topological polar surface area (TPSA) is 65.0 Å². The molecule has 0 amide bonds. The third kappa shape index (κ3) is 2.26. The number of fused-ring (bicyclic) bond motifs is 2. The minimum absolute atomic E-state index is 0.189. The molecule has 5 atom stereocenters. The van der Waals surface area contributed by atoms with E-state index in [1.807, 2.05) is 13.0 Å². The van der Waals surface area contributed by atoms with Crippen LogP contribution in [0.5, 0.6) is 0 Å². The molecule has 0 radical (unpaired) electrons. The molecule has 3 rings (SSSR count). The first-order chi connectivity index (χ1) is 10.6. The largest absolute Gasteiger partial charge is 0.451 e. The molecular weight excluding hydrogens is 284 g/mol. The van der Waals surface area contributed by atoms with Crippen molar-refractivity contribution in [3.8, 4) is 0 Å². The molecule has 0 aromatic heterocycles. The molecule has 0 aliphatic carbocycles. The molecule has 1 aromatic rings. The molecule has 2 aliphatic rings. The van der Waals surface area contributed by atoms with Gasteiger partial charge in [-0.05, 0) is 24.6 Å². The van der Waals surface area contributed by atoms with Crippen LogP contribution in [0.25, 0.3) is 0 Å². The van der Waals surface area contributed by atoms with Crippen LogP contribution in [0.2, 0.25) is 0 Å². The van der Waals surface area contributed by atoms with Crippen molar-refractivity contribution in [1.29, 1.82) is 0 Å². The summed E-state index contributed by atoms with van der Waals surface area (Å²) >= 11 is 0. The zero-order valence-corrected chi connectivity index (χ0v) is 12.5. The van der Waals surface area contributed by atoms with Gasteiger partial charge in [0.1, 0.15) is 12.2 Å². The van der Waals surface area contributed by atoms with Gasteiger partial charge in [0, 0.05) is 0 Å². The lowest BCUT2D eigenvalue weighted by molar-refractivity contribution is -0.178. The normalized spacial score (nSPS) is 34.4. The second-order valence-electron chi connectivity index (χ2n) is 5.67. The Labute approximate surface area is 129 Å². The van der Waals surface area contributed by atoms with E-state index in [0.717, 1.165) is 6.42 Å². The Bertz CT molecular complexity index is 557. The van der Waals surface area contributed by atoms with Gasteiger partial charge >= 0.3 is 5.97 Å². The smallest absolute Gasteiger partial charge is 0.338 e. The van der Waals surface area contributed by atoms with E-state index >= 15 is 0 Å². The lowest BCUT2D eigenvalue weighted by Crippen LogP contribution is -2.52. The van der Waals surface area contributed by atoms with Crippen LogP contribution in [0.3, 0.4) is 0 Å². The molecule has 22 heavy (non-hydrogen) atoms. The second-order valence-corrected chi connectivity index (χ2v) is 5.67. The van der Waals surface area contributed by atoms with Crippen LogP contribution in [0.4, 0.5) is 0 Å². The first kappa shape index (κ1) is 15.2. The Hall–Kier alpha value is -1.69. The summed E-state index contributed by atoms with van der Waals surface area (Å²) in [5.41, 5.74) is -0.613. The van der Waals surface area contributed by atoms with Crippen LogP contribution in [0.1, 0.15) is 23.7 Å². The first-order valence-corrected chi connectivity index (χ1v) is 7.48. The van der Waals surface area contributed by atoms with E-state index in [1.165, 1.54) is 6.08 Å². The molecule has 2 bridgehead atoms. The molecule has 0 saturated carbocycles. The van der Waals surface area contributed by atoms with Gasteiger partial charge in [-0.15, -0.1) is 0 Å². The quantitative estimate of drug-likeness (QED) is 0.662. The highest BCUT2D eigenvalue weighted by atomic mass is 16.7. The summed E-state index contributed by atoms with van der Waals surface area (Å²) < 4.78 is 17.1. The maximum absolute atomic E-state index is 12.3. The summed E-state index contributed by atoms with van der Waals surface area (Å²) in [6.07, 6.45) is 0.0543. The summed E-state index contributed by atoms with van der Waals surface area (Å²) in [6, 6.07) is 8.70. The average Bonchev–Trinajstić information content (AvgIpc) is 3.03. The Morgan fingerprint density at radius 2 is 2.27 bits per heavy atom. The van der Waals surface area contributed by atoms with Crippen molar-refractivity contribution in [3.05, 3.63) is 48.6 Å². The monoisotopic (exact) mass is 304 g/mol. The number of aliphatic hydroxyl groups is 1. The van der Waals surface area contributed by atoms with Gasteiger partial charge in [-0.2, -0.15) is 0 Å². The fraction of sp³-hybridized carbons (Fsp3) is 0.471. The SMILES string of the molecule is C=C[C@H](OC(=O)c1ccccc1)[C@@]12CO[C@@H]([C@H](CC)O1)[C@@H]2O. The van der Waals surface area contributed by atoms with E-state index in [9.17, 15) is 9.90 Å².